The van der Waals surface area contributed by atoms with Gasteiger partial charge in [-0.25, -0.2) is 0 Å². The number of rotatable bonds is 30. The zero-order valence-corrected chi connectivity index (χ0v) is 25.5. The first kappa shape index (κ1) is 35.1. The molecule has 0 aromatic rings. The van der Waals surface area contributed by atoms with E-state index in [9.17, 15) is 0 Å². The van der Waals surface area contributed by atoms with E-state index in [1.165, 1.54) is 116 Å². The topological polar surface area (TPSA) is 36.9 Å². The van der Waals surface area contributed by atoms with Gasteiger partial charge in [0, 0.05) is 26.4 Å². The first-order valence-electron chi connectivity index (χ1n) is 15.8. The molecule has 0 atom stereocenters. The lowest BCUT2D eigenvalue weighted by molar-refractivity contribution is -0.0375. The molecule has 212 valence electrons. The van der Waals surface area contributed by atoms with Crippen molar-refractivity contribution in [3.63, 3.8) is 0 Å². The van der Waals surface area contributed by atoms with Crippen LogP contribution < -0.4 is 0 Å². The van der Waals surface area contributed by atoms with Crippen LogP contribution in [-0.4, -0.2) is 35.5 Å². The maximum absolute atomic E-state index is 6.41. The van der Waals surface area contributed by atoms with Gasteiger partial charge in [0.15, 0.2) is 0 Å². The van der Waals surface area contributed by atoms with Gasteiger partial charge in [-0.2, -0.15) is 0 Å². The van der Waals surface area contributed by atoms with E-state index >= 15 is 0 Å². The summed E-state index contributed by atoms with van der Waals surface area (Å²) in [5.74, 6) is 0. The maximum Gasteiger partial charge on any atom is 0.679 e. The molecule has 0 rings (SSSR count). The van der Waals surface area contributed by atoms with E-state index in [2.05, 4.69) is 27.7 Å². The highest BCUT2D eigenvalue weighted by Crippen LogP contribution is 2.18. The smallest absolute Gasteiger partial charge is 0.351 e. The van der Waals surface area contributed by atoms with Crippen molar-refractivity contribution >= 4 is 9.05 Å². The second-order valence-electron chi connectivity index (χ2n) is 10.3. The summed E-state index contributed by atoms with van der Waals surface area (Å²) in [5, 5.41) is 0. The molecule has 0 N–H and O–H groups in total. The zero-order valence-electron chi connectivity index (χ0n) is 24.5. The van der Waals surface area contributed by atoms with Gasteiger partial charge >= 0.3 is 9.05 Å². The second-order valence-corrected chi connectivity index (χ2v) is 12.4. The molecule has 0 aromatic carbocycles. The lowest BCUT2D eigenvalue weighted by Crippen LogP contribution is -2.50. The van der Waals surface area contributed by atoms with Crippen molar-refractivity contribution < 1.29 is 17.7 Å². The normalized spacial score (nSPS) is 12.0. The highest BCUT2D eigenvalue weighted by molar-refractivity contribution is 6.53. The first-order valence-corrected chi connectivity index (χ1v) is 17.4. The van der Waals surface area contributed by atoms with Gasteiger partial charge in [-0.05, 0) is 25.7 Å². The third-order valence-electron chi connectivity index (χ3n) is 6.61. The fourth-order valence-corrected chi connectivity index (χ4v) is 6.29. The van der Waals surface area contributed by atoms with Crippen LogP contribution in [0.3, 0.4) is 0 Å². The summed E-state index contributed by atoms with van der Waals surface area (Å²) in [4.78, 5) is 0. The molecule has 5 heteroatoms. The Kier molecular flexibility index (Phi) is 28.7. The summed E-state index contributed by atoms with van der Waals surface area (Å²) < 4.78 is 25.6. The first-order chi connectivity index (χ1) is 17.2. The SMILES string of the molecule is CCCCCCCCO[Si](OCCCCCC)(OCCCCCCCC)OCCCCCCCC. The minimum absolute atomic E-state index is 0.690. The minimum atomic E-state index is -3.08. The highest BCUT2D eigenvalue weighted by atomic mass is 28.4. The predicted molar refractivity (Wildman–Crippen MR) is 154 cm³/mol. The molecule has 0 fully saturated rings. The van der Waals surface area contributed by atoms with Crippen LogP contribution in [0.25, 0.3) is 0 Å². The van der Waals surface area contributed by atoms with Crippen molar-refractivity contribution in [3.8, 4) is 0 Å². The standard InChI is InChI=1S/C30H64O4Si/c1-5-9-13-17-20-24-28-32-35(31-27-23-16-12-8-4,33-29-25-21-18-14-10-6-2)34-30-26-22-19-15-11-7-3/h5-30H2,1-4H3. The predicted octanol–water partition coefficient (Wildman–Crippen LogP) is 10.2. The number of unbranched alkanes of at least 4 members (excludes halogenated alkanes) is 18. The molecule has 0 saturated heterocycles. The van der Waals surface area contributed by atoms with E-state index in [0.717, 1.165) is 25.7 Å². The van der Waals surface area contributed by atoms with Gasteiger partial charge in [0.2, 0.25) is 0 Å². The molecule has 0 spiro atoms. The monoisotopic (exact) mass is 516 g/mol. The Balaban J connectivity index is 4.73. The van der Waals surface area contributed by atoms with Crippen molar-refractivity contribution in [2.24, 2.45) is 0 Å². The van der Waals surface area contributed by atoms with Crippen LogP contribution in [0.2, 0.25) is 0 Å². The molecule has 4 nitrogen and oxygen atoms in total. The van der Waals surface area contributed by atoms with E-state index in [0.29, 0.717) is 26.4 Å². The van der Waals surface area contributed by atoms with E-state index < -0.39 is 9.05 Å². The molecule has 0 amide bonds. The van der Waals surface area contributed by atoms with Gasteiger partial charge in [-0.3, -0.25) is 0 Å². The lowest BCUT2D eigenvalue weighted by Gasteiger charge is -2.28. The van der Waals surface area contributed by atoms with Crippen LogP contribution in [0.15, 0.2) is 0 Å². The van der Waals surface area contributed by atoms with Crippen LogP contribution in [-0.2, 0) is 17.7 Å². The van der Waals surface area contributed by atoms with Gasteiger partial charge < -0.3 is 17.7 Å². The molecular formula is C30H64O4Si. The van der Waals surface area contributed by atoms with E-state index in [1.807, 2.05) is 0 Å². The van der Waals surface area contributed by atoms with E-state index in [-0.39, 0.29) is 0 Å². The van der Waals surface area contributed by atoms with Crippen LogP contribution in [0.1, 0.15) is 169 Å². The average molecular weight is 517 g/mol. The molecule has 0 aliphatic carbocycles. The fourth-order valence-electron chi connectivity index (χ4n) is 4.21. The molecule has 0 radical (unpaired) electrons. The Labute approximate surface area is 222 Å². The van der Waals surface area contributed by atoms with Crippen LogP contribution in [0, 0.1) is 0 Å². The van der Waals surface area contributed by atoms with Gasteiger partial charge in [0.05, 0.1) is 0 Å². The van der Waals surface area contributed by atoms with Gasteiger partial charge in [0.25, 0.3) is 0 Å². The van der Waals surface area contributed by atoms with Gasteiger partial charge in [-0.1, -0.05) is 143 Å². The van der Waals surface area contributed by atoms with Crippen molar-refractivity contribution in [1.82, 2.24) is 0 Å². The molecule has 0 aromatic heterocycles. The molecule has 0 aliphatic rings. The third-order valence-corrected chi connectivity index (χ3v) is 8.84. The highest BCUT2D eigenvalue weighted by Gasteiger charge is 2.45. The van der Waals surface area contributed by atoms with Gasteiger partial charge in [0.1, 0.15) is 0 Å². The average Bonchev–Trinajstić information content (AvgIpc) is 2.87. The van der Waals surface area contributed by atoms with E-state index in [4.69, 9.17) is 17.7 Å². The second kappa shape index (κ2) is 28.6. The lowest BCUT2D eigenvalue weighted by atomic mass is 10.1. The van der Waals surface area contributed by atoms with Crippen LogP contribution in [0.4, 0.5) is 0 Å². The molecule has 0 bridgehead atoms. The maximum atomic E-state index is 6.41. The van der Waals surface area contributed by atoms with Crippen LogP contribution in [0.5, 0.6) is 0 Å². The molecule has 0 saturated carbocycles. The number of hydrogen-bond acceptors (Lipinski definition) is 4. The quantitative estimate of drug-likeness (QED) is 0.0702. The van der Waals surface area contributed by atoms with E-state index in [1.54, 1.807) is 0 Å². The third kappa shape index (κ3) is 24.2. The Bertz CT molecular complexity index is 349. The minimum Gasteiger partial charge on any atom is -0.351 e. The summed E-state index contributed by atoms with van der Waals surface area (Å²) in [6.45, 7) is 11.8. The molecular weight excluding hydrogens is 452 g/mol. The number of hydrogen-bond donors (Lipinski definition) is 0. The Morgan fingerprint density at radius 1 is 0.286 bits per heavy atom. The summed E-state index contributed by atoms with van der Waals surface area (Å²) >= 11 is 0. The largest absolute Gasteiger partial charge is 0.679 e. The Morgan fingerprint density at radius 3 is 0.743 bits per heavy atom. The summed E-state index contributed by atoms with van der Waals surface area (Å²) in [6.07, 6.45) is 27.4. The van der Waals surface area contributed by atoms with Crippen molar-refractivity contribution in [1.29, 1.82) is 0 Å². The van der Waals surface area contributed by atoms with Crippen molar-refractivity contribution in [2.45, 2.75) is 169 Å². The van der Waals surface area contributed by atoms with Crippen LogP contribution >= 0.6 is 0 Å². The Morgan fingerprint density at radius 2 is 0.486 bits per heavy atom. The molecule has 0 unspecified atom stereocenters. The summed E-state index contributed by atoms with van der Waals surface area (Å²) in [5.41, 5.74) is 0. The Hall–Kier alpha value is 0.0569. The summed E-state index contributed by atoms with van der Waals surface area (Å²) in [7, 11) is -3.08. The van der Waals surface area contributed by atoms with Gasteiger partial charge in [-0.15, -0.1) is 0 Å². The molecule has 35 heavy (non-hydrogen) atoms. The van der Waals surface area contributed by atoms with Crippen molar-refractivity contribution in [3.05, 3.63) is 0 Å². The van der Waals surface area contributed by atoms with Crippen molar-refractivity contribution in [2.75, 3.05) is 26.4 Å². The fraction of sp³-hybridized carbons (Fsp3) is 1.00. The zero-order chi connectivity index (χ0) is 25.7. The molecule has 0 aliphatic heterocycles. The molecule has 0 heterocycles. The summed E-state index contributed by atoms with van der Waals surface area (Å²) in [6, 6.07) is 0.